The Morgan fingerprint density at radius 3 is 2.49 bits per heavy atom. The van der Waals surface area contributed by atoms with Crippen molar-refractivity contribution in [3.8, 4) is 0 Å². The first kappa shape index (κ1) is 25.5. The molecule has 1 aliphatic carbocycles. The summed E-state index contributed by atoms with van der Waals surface area (Å²) < 4.78 is 0. The van der Waals surface area contributed by atoms with Gasteiger partial charge >= 0.3 is 0 Å². The van der Waals surface area contributed by atoms with Crippen LogP contribution in [-0.4, -0.2) is 28.8 Å². The number of amides is 2. The minimum Gasteiger partial charge on any atom is -0.352 e. The van der Waals surface area contributed by atoms with Crippen molar-refractivity contribution in [1.82, 2.24) is 10.2 Å². The lowest BCUT2D eigenvalue weighted by Gasteiger charge is -2.31. The van der Waals surface area contributed by atoms with Crippen molar-refractivity contribution in [3.63, 3.8) is 0 Å². The van der Waals surface area contributed by atoms with Gasteiger partial charge in [-0.3, -0.25) is 9.59 Å². The molecule has 1 atom stereocenters. The zero-order valence-electron chi connectivity index (χ0n) is 20.1. The summed E-state index contributed by atoms with van der Waals surface area (Å²) in [5.41, 5.74) is 1.90. The molecule has 0 radical (unpaired) electrons. The maximum absolute atomic E-state index is 13.6. The van der Waals surface area contributed by atoms with Gasteiger partial charge in [0.1, 0.15) is 6.04 Å². The Morgan fingerprint density at radius 1 is 0.971 bits per heavy atom. The van der Waals surface area contributed by atoms with Gasteiger partial charge in [0.25, 0.3) is 0 Å². The molecule has 0 aromatic heterocycles. The molecule has 0 spiro atoms. The SMILES string of the molecule is C[C@H](C(=O)NC1CCCCC1)N(Cc1ccc(Cl)cc1Cl)C(=O)CCc1cccc2ccccc12. The van der Waals surface area contributed by atoms with Crippen molar-refractivity contribution in [2.45, 2.75) is 70.5 Å². The molecular weight excluding hydrogens is 479 g/mol. The molecule has 184 valence electrons. The van der Waals surface area contributed by atoms with E-state index in [0.717, 1.165) is 47.6 Å². The molecule has 3 aromatic rings. The average molecular weight is 511 g/mol. The van der Waals surface area contributed by atoms with E-state index in [0.29, 0.717) is 22.9 Å². The Morgan fingerprint density at radius 2 is 1.71 bits per heavy atom. The van der Waals surface area contributed by atoms with Gasteiger partial charge in [-0.2, -0.15) is 0 Å². The minimum atomic E-state index is -0.608. The number of aryl methyl sites for hydroxylation is 1. The highest BCUT2D eigenvalue weighted by atomic mass is 35.5. The van der Waals surface area contributed by atoms with Gasteiger partial charge in [0, 0.05) is 29.1 Å². The third-order valence-electron chi connectivity index (χ3n) is 6.96. The van der Waals surface area contributed by atoms with Gasteiger partial charge in [0.05, 0.1) is 0 Å². The molecule has 1 aliphatic rings. The number of nitrogens with one attached hydrogen (secondary N) is 1. The van der Waals surface area contributed by atoms with E-state index in [1.165, 1.54) is 6.42 Å². The van der Waals surface area contributed by atoms with Crippen LogP contribution < -0.4 is 5.32 Å². The Hall–Kier alpha value is -2.56. The summed E-state index contributed by atoms with van der Waals surface area (Å²) in [6, 6.07) is 19.2. The predicted octanol–water partition coefficient (Wildman–Crippen LogP) is 6.95. The van der Waals surface area contributed by atoms with Crippen LogP contribution in [0, 0.1) is 0 Å². The van der Waals surface area contributed by atoms with Gasteiger partial charge in [-0.05, 0) is 60.2 Å². The molecule has 2 amide bonds. The Bertz CT molecular complexity index is 1190. The maximum atomic E-state index is 13.6. The number of hydrogen-bond acceptors (Lipinski definition) is 2. The van der Waals surface area contributed by atoms with Crippen molar-refractivity contribution < 1.29 is 9.59 Å². The summed E-state index contributed by atoms with van der Waals surface area (Å²) in [5.74, 6) is -0.184. The number of carbonyl (C=O) groups is 2. The molecule has 3 aromatic carbocycles. The van der Waals surface area contributed by atoms with Crippen LogP contribution in [0.4, 0.5) is 0 Å². The van der Waals surface area contributed by atoms with Gasteiger partial charge < -0.3 is 10.2 Å². The summed E-state index contributed by atoms with van der Waals surface area (Å²) in [5, 5.41) is 6.51. The minimum absolute atomic E-state index is 0.0738. The summed E-state index contributed by atoms with van der Waals surface area (Å²) in [6.07, 6.45) is 6.38. The molecule has 0 unspecified atom stereocenters. The molecule has 4 nitrogen and oxygen atoms in total. The third-order valence-corrected chi connectivity index (χ3v) is 7.55. The van der Waals surface area contributed by atoms with Gasteiger partial charge in [0.2, 0.25) is 11.8 Å². The lowest BCUT2D eigenvalue weighted by atomic mass is 9.95. The Kier molecular flexibility index (Phi) is 8.69. The summed E-state index contributed by atoms with van der Waals surface area (Å²) in [6.45, 7) is 2.06. The van der Waals surface area contributed by atoms with Gasteiger partial charge in [0.15, 0.2) is 0 Å². The molecule has 1 N–H and O–H groups in total. The van der Waals surface area contributed by atoms with Crippen LogP contribution in [-0.2, 0) is 22.6 Å². The first-order chi connectivity index (χ1) is 16.9. The largest absolute Gasteiger partial charge is 0.352 e. The second-order valence-electron chi connectivity index (χ2n) is 9.42. The molecule has 35 heavy (non-hydrogen) atoms. The second kappa shape index (κ2) is 11.9. The fraction of sp³-hybridized carbons (Fsp3) is 0.379. The van der Waals surface area contributed by atoms with Crippen LogP contribution in [0.1, 0.15) is 56.6 Å². The van der Waals surface area contributed by atoms with E-state index < -0.39 is 6.04 Å². The molecular formula is C29H32Cl2N2O2. The number of nitrogens with zero attached hydrogens (tertiary/aromatic N) is 1. The van der Waals surface area contributed by atoms with Crippen LogP contribution in [0.15, 0.2) is 60.7 Å². The number of halogens is 2. The van der Waals surface area contributed by atoms with E-state index in [2.05, 4.69) is 29.6 Å². The topological polar surface area (TPSA) is 49.4 Å². The average Bonchev–Trinajstić information content (AvgIpc) is 2.87. The smallest absolute Gasteiger partial charge is 0.242 e. The molecule has 0 saturated heterocycles. The van der Waals surface area contributed by atoms with Crippen molar-refractivity contribution in [3.05, 3.63) is 81.8 Å². The first-order valence-corrected chi connectivity index (χ1v) is 13.2. The summed E-state index contributed by atoms with van der Waals surface area (Å²) >= 11 is 12.5. The van der Waals surface area contributed by atoms with Crippen molar-refractivity contribution >= 4 is 45.8 Å². The monoisotopic (exact) mass is 510 g/mol. The molecule has 0 aliphatic heterocycles. The number of benzene rings is 3. The lowest BCUT2D eigenvalue weighted by Crippen LogP contribution is -2.50. The molecule has 0 heterocycles. The van der Waals surface area contributed by atoms with Gasteiger partial charge in [-0.25, -0.2) is 0 Å². The van der Waals surface area contributed by atoms with Crippen LogP contribution in [0.5, 0.6) is 0 Å². The van der Waals surface area contributed by atoms with Crippen LogP contribution >= 0.6 is 23.2 Å². The van der Waals surface area contributed by atoms with Crippen LogP contribution in [0.3, 0.4) is 0 Å². The summed E-state index contributed by atoms with van der Waals surface area (Å²) in [7, 11) is 0. The van der Waals surface area contributed by atoms with Crippen molar-refractivity contribution in [1.29, 1.82) is 0 Å². The second-order valence-corrected chi connectivity index (χ2v) is 10.3. The maximum Gasteiger partial charge on any atom is 0.242 e. The van der Waals surface area contributed by atoms with E-state index in [1.54, 1.807) is 24.0 Å². The lowest BCUT2D eigenvalue weighted by molar-refractivity contribution is -0.141. The normalized spacial score (nSPS) is 15.1. The Labute approximate surface area is 217 Å². The number of hydrogen-bond donors (Lipinski definition) is 1. The number of fused-ring (bicyclic) bond motifs is 1. The highest BCUT2D eigenvalue weighted by Gasteiger charge is 2.28. The number of rotatable bonds is 8. The zero-order valence-corrected chi connectivity index (χ0v) is 21.6. The van der Waals surface area contributed by atoms with Gasteiger partial charge in [-0.1, -0.05) is 91.0 Å². The molecule has 0 bridgehead atoms. The van der Waals surface area contributed by atoms with Crippen molar-refractivity contribution in [2.75, 3.05) is 0 Å². The molecule has 6 heteroatoms. The third kappa shape index (κ3) is 6.56. The van der Waals surface area contributed by atoms with E-state index >= 15 is 0 Å². The number of carbonyl (C=O) groups excluding carboxylic acids is 2. The van der Waals surface area contributed by atoms with Crippen LogP contribution in [0.25, 0.3) is 10.8 Å². The highest BCUT2D eigenvalue weighted by Crippen LogP contribution is 2.25. The fourth-order valence-corrected chi connectivity index (χ4v) is 5.35. The first-order valence-electron chi connectivity index (χ1n) is 12.4. The van der Waals surface area contributed by atoms with Gasteiger partial charge in [-0.15, -0.1) is 0 Å². The fourth-order valence-electron chi connectivity index (χ4n) is 4.88. The van der Waals surface area contributed by atoms with E-state index in [9.17, 15) is 9.59 Å². The predicted molar refractivity (Wildman–Crippen MR) is 144 cm³/mol. The van der Waals surface area contributed by atoms with E-state index in [1.807, 2.05) is 24.3 Å². The molecule has 1 fully saturated rings. The quantitative estimate of drug-likeness (QED) is 0.356. The highest BCUT2D eigenvalue weighted by molar-refractivity contribution is 6.35. The molecule has 4 rings (SSSR count). The zero-order chi connectivity index (χ0) is 24.8. The van der Waals surface area contributed by atoms with Crippen LogP contribution in [0.2, 0.25) is 10.0 Å². The summed E-state index contributed by atoms with van der Waals surface area (Å²) in [4.78, 5) is 28.4. The van der Waals surface area contributed by atoms with E-state index in [4.69, 9.17) is 23.2 Å². The Balaban J connectivity index is 1.52. The van der Waals surface area contributed by atoms with Crippen molar-refractivity contribution in [2.24, 2.45) is 0 Å². The van der Waals surface area contributed by atoms with E-state index in [-0.39, 0.29) is 24.4 Å². The standard InChI is InChI=1S/C29H32Cl2N2O2/c1-20(29(35)32-25-11-3-2-4-12-25)33(19-23-14-16-24(30)18-27(23)31)28(34)17-15-22-10-7-9-21-8-5-6-13-26(21)22/h5-10,13-14,16,18,20,25H,2-4,11-12,15,17,19H2,1H3,(H,32,35)/t20-/m1/s1. The molecule has 1 saturated carbocycles.